The number of hydrogen-bond donors (Lipinski definition) is 1. The number of aliphatic carboxylic acids is 1. The van der Waals surface area contributed by atoms with Gasteiger partial charge in [0.2, 0.25) is 0 Å². The number of alkyl halides is 2. The van der Waals surface area contributed by atoms with Crippen LogP contribution in [-0.4, -0.2) is 40.1 Å². The van der Waals surface area contributed by atoms with Crippen molar-refractivity contribution in [3.8, 4) is 11.5 Å². The van der Waals surface area contributed by atoms with Crippen LogP contribution in [0.1, 0.15) is 34.1 Å². The van der Waals surface area contributed by atoms with Crippen molar-refractivity contribution in [3.05, 3.63) is 89.2 Å². The highest BCUT2D eigenvalue weighted by molar-refractivity contribution is 6.16. The van der Waals surface area contributed by atoms with Crippen LogP contribution in [0.25, 0.3) is 11.0 Å². The Balaban J connectivity index is 1.76. The Bertz CT molecular complexity index is 1390. The van der Waals surface area contributed by atoms with Gasteiger partial charge in [-0.25, -0.2) is 9.78 Å². The van der Waals surface area contributed by atoms with Crippen molar-refractivity contribution in [2.24, 2.45) is 0 Å². The van der Waals surface area contributed by atoms with Gasteiger partial charge in [0.1, 0.15) is 22.8 Å². The molecular weight excluding hydrogens is 458 g/mol. The average Bonchev–Trinajstić information content (AvgIpc) is 3.19. The lowest BCUT2D eigenvalue weighted by molar-refractivity contribution is -0.139. The molecule has 0 aliphatic heterocycles. The molecule has 35 heavy (non-hydrogen) atoms. The van der Waals surface area contributed by atoms with Gasteiger partial charge >= 0.3 is 5.97 Å². The van der Waals surface area contributed by atoms with Crippen molar-refractivity contribution < 1.29 is 33.0 Å². The quantitative estimate of drug-likeness (QED) is 0.343. The molecule has 0 saturated heterocycles. The number of carbonyl (C=O) groups is 2. The zero-order chi connectivity index (χ0) is 25.2. The number of carbonyl (C=O) groups excluding carboxylic acids is 1. The van der Waals surface area contributed by atoms with Crippen LogP contribution in [0, 0.1) is 0 Å². The minimum absolute atomic E-state index is 0.197. The molecule has 2 aromatic heterocycles. The molecule has 2 heterocycles. The lowest BCUT2D eigenvalue weighted by atomic mass is 10.0. The zero-order valence-electron chi connectivity index (χ0n) is 19.0. The van der Waals surface area contributed by atoms with Gasteiger partial charge in [0, 0.05) is 36.2 Å². The summed E-state index contributed by atoms with van der Waals surface area (Å²) in [5, 5.41) is 9.27. The van der Waals surface area contributed by atoms with E-state index < -0.39 is 24.2 Å². The topological polar surface area (TPSA) is 90.7 Å². The van der Waals surface area contributed by atoms with Gasteiger partial charge in [-0.3, -0.25) is 4.79 Å². The van der Waals surface area contributed by atoms with Gasteiger partial charge in [0.05, 0.1) is 7.11 Å². The summed E-state index contributed by atoms with van der Waals surface area (Å²) in [5.41, 5.74) is 1.27. The Hall–Kier alpha value is -4.27. The van der Waals surface area contributed by atoms with Crippen molar-refractivity contribution >= 4 is 22.8 Å². The predicted molar refractivity (Wildman–Crippen MR) is 124 cm³/mol. The van der Waals surface area contributed by atoms with E-state index in [-0.39, 0.29) is 18.0 Å². The van der Waals surface area contributed by atoms with Crippen LogP contribution in [-0.2, 0) is 17.3 Å². The molecule has 7 nitrogen and oxygen atoms in total. The summed E-state index contributed by atoms with van der Waals surface area (Å²) < 4.78 is 40.1. The van der Waals surface area contributed by atoms with Crippen molar-refractivity contribution in [1.82, 2.24) is 9.55 Å². The van der Waals surface area contributed by atoms with E-state index in [9.17, 15) is 18.4 Å². The fraction of sp³-hybridized carbons (Fsp3) is 0.192. The third-order valence-corrected chi connectivity index (χ3v) is 5.38. The Morgan fingerprint density at radius 2 is 1.80 bits per heavy atom. The molecule has 0 aliphatic carbocycles. The number of fused-ring (bicyclic) bond motifs is 1. The molecule has 1 N–H and O–H groups in total. The third-order valence-electron chi connectivity index (χ3n) is 5.38. The van der Waals surface area contributed by atoms with Gasteiger partial charge in [-0.2, -0.15) is 8.78 Å². The molecule has 0 radical (unpaired) electrons. The number of rotatable bonds is 9. The predicted octanol–water partition coefficient (Wildman–Crippen LogP) is 4.90. The molecule has 0 fully saturated rings. The highest BCUT2D eigenvalue weighted by Crippen LogP contribution is 2.30. The second kappa shape index (κ2) is 9.54. The lowest BCUT2D eigenvalue weighted by Crippen LogP contribution is -2.11. The molecule has 4 rings (SSSR count). The molecule has 9 heteroatoms. The van der Waals surface area contributed by atoms with Crippen molar-refractivity contribution in [3.63, 3.8) is 0 Å². The van der Waals surface area contributed by atoms with Gasteiger partial charge in [-0.1, -0.05) is 12.1 Å². The van der Waals surface area contributed by atoms with E-state index in [0.29, 0.717) is 33.6 Å². The van der Waals surface area contributed by atoms with Crippen LogP contribution in [0.15, 0.2) is 66.9 Å². The van der Waals surface area contributed by atoms with Crippen LogP contribution in [0.2, 0.25) is 0 Å². The van der Waals surface area contributed by atoms with E-state index in [1.807, 2.05) is 0 Å². The minimum Gasteiger partial charge on any atom is -0.497 e. The van der Waals surface area contributed by atoms with Crippen molar-refractivity contribution in [2.75, 3.05) is 13.7 Å². The number of hydrogen-bond acceptors (Lipinski definition) is 5. The van der Waals surface area contributed by atoms with Crippen molar-refractivity contribution in [1.29, 1.82) is 0 Å². The highest BCUT2D eigenvalue weighted by atomic mass is 19.3. The summed E-state index contributed by atoms with van der Waals surface area (Å²) in [6.45, 7) is 0.469. The Labute approximate surface area is 199 Å². The molecule has 180 valence electrons. The Kier molecular flexibility index (Phi) is 6.50. The first-order valence-corrected chi connectivity index (χ1v) is 10.7. The maximum absolute atomic E-state index is 14.0. The highest BCUT2D eigenvalue weighted by Gasteiger charge is 2.28. The SMILES string of the molecule is COc1ccc(C(=O)c2cn(Cc3cccc(OCC(=O)O)c3)c3nc(C(C)(F)F)ccc23)cc1. The van der Waals surface area contributed by atoms with Gasteiger partial charge in [0.15, 0.2) is 12.4 Å². The average molecular weight is 480 g/mol. The summed E-state index contributed by atoms with van der Waals surface area (Å²) in [6, 6.07) is 16.1. The molecule has 4 aromatic rings. The number of aromatic nitrogens is 2. The molecule has 0 spiro atoms. The summed E-state index contributed by atoms with van der Waals surface area (Å²) in [4.78, 5) is 28.3. The van der Waals surface area contributed by atoms with Crippen LogP contribution >= 0.6 is 0 Å². The number of benzene rings is 2. The van der Waals surface area contributed by atoms with Crippen LogP contribution < -0.4 is 9.47 Å². The maximum atomic E-state index is 14.0. The number of pyridine rings is 1. The number of ether oxygens (including phenoxy) is 2. The molecule has 0 unspecified atom stereocenters. The summed E-state index contributed by atoms with van der Waals surface area (Å²) >= 11 is 0. The largest absolute Gasteiger partial charge is 0.497 e. The zero-order valence-corrected chi connectivity index (χ0v) is 19.0. The Morgan fingerprint density at radius 1 is 1.06 bits per heavy atom. The summed E-state index contributed by atoms with van der Waals surface area (Å²) in [5.74, 6) is -3.60. The van der Waals surface area contributed by atoms with E-state index in [1.165, 1.54) is 19.2 Å². The molecule has 2 aromatic carbocycles. The number of carboxylic acid groups (broad SMARTS) is 1. The van der Waals surface area contributed by atoms with Gasteiger partial charge in [-0.15, -0.1) is 0 Å². The van der Waals surface area contributed by atoms with Gasteiger partial charge < -0.3 is 19.1 Å². The Morgan fingerprint density at radius 3 is 2.46 bits per heavy atom. The lowest BCUT2D eigenvalue weighted by Gasteiger charge is -2.11. The maximum Gasteiger partial charge on any atom is 0.341 e. The number of nitrogens with zero attached hydrogens (tertiary/aromatic N) is 2. The molecule has 0 atom stereocenters. The molecule has 0 saturated carbocycles. The summed E-state index contributed by atoms with van der Waals surface area (Å²) in [7, 11) is 1.53. The minimum atomic E-state index is -3.16. The van der Waals surface area contributed by atoms with E-state index in [4.69, 9.17) is 14.6 Å². The van der Waals surface area contributed by atoms with E-state index in [1.54, 1.807) is 59.3 Å². The number of ketones is 1. The third kappa shape index (κ3) is 5.29. The molecule has 0 bridgehead atoms. The smallest absolute Gasteiger partial charge is 0.341 e. The van der Waals surface area contributed by atoms with Gasteiger partial charge in [-0.05, 0) is 54.1 Å². The number of methoxy groups -OCH3 is 1. The second-order valence-corrected chi connectivity index (χ2v) is 8.01. The van der Waals surface area contributed by atoms with E-state index in [2.05, 4.69) is 4.98 Å². The first-order valence-electron chi connectivity index (χ1n) is 10.7. The van der Waals surface area contributed by atoms with Crippen LogP contribution in [0.3, 0.4) is 0 Å². The fourth-order valence-electron chi connectivity index (χ4n) is 3.68. The fourth-order valence-corrected chi connectivity index (χ4v) is 3.68. The molecule has 0 amide bonds. The van der Waals surface area contributed by atoms with E-state index in [0.717, 1.165) is 6.92 Å². The van der Waals surface area contributed by atoms with E-state index >= 15 is 0 Å². The van der Waals surface area contributed by atoms with Gasteiger partial charge in [0.25, 0.3) is 5.92 Å². The summed E-state index contributed by atoms with van der Waals surface area (Å²) in [6.07, 6.45) is 1.59. The standard InChI is InChI=1S/C26H22F2N2O5/c1-26(27,28)22-11-10-20-21(24(33)17-6-8-18(34-2)9-7-17)14-30(25(20)29-22)13-16-4-3-5-19(12-16)35-15-23(31)32/h3-12,14H,13,15H2,1-2H3,(H,31,32). The second-order valence-electron chi connectivity index (χ2n) is 8.01. The first-order chi connectivity index (χ1) is 16.7. The number of halogens is 2. The normalized spacial score (nSPS) is 11.4. The number of carboxylic acids is 1. The molecular formula is C26H22F2N2O5. The first kappa shape index (κ1) is 23.9. The monoisotopic (exact) mass is 480 g/mol. The van der Waals surface area contributed by atoms with Crippen LogP contribution in [0.4, 0.5) is 8.78 Å². The van der Waals surface area contributed by atoms with Crippen molar-refractivity contribution in [2.45, 2.75) is 19.4 Å². The van der Waals surface area contributed by atoms with Crippen LogP contribution in [0.5, 0.6) is 11.5 Å². The molecule has 0 aliphatic rings.